The average molecular weight is 356 g/mol. The molecule has 0 aromatic carbocycles. The summed E-state index contributed by atoms with van der Waals surface area (Å²) in [6.45, 7) is 13.6. The van der Waals surface area contributed by atoms with Gasteiger partial charge in [-0.25, -0.2) is 4.79 Å². The first-order chi connectivity index (χ1) is 11.2. The highest BCUT2D eigenvalue weighted by Gasteiger charge is 2.53. The molecule has 2 amide bonds. The summed E-state index contributed by atoms with van der Waals surface area (Å²) in [6, 6.07) is -0.580. The summed E-state index contributed by atoms with van der Waals surface area (Å²) in [6.07, 6.45) is -0.0350. The molecule has 1 heterocycles. The molecule has 1 rings (SSSR count). The second-order valence-corrected chi connectivity index (χ2v) is 8.92. The van der Waals surface area contributed by atoms with Gasteiger partial charge in [-0.2, -0.15) is 0 Å². The molecule has 0 spiro atoms. The van der Waals surface area contributed by atoms with Crippen LogP contribution >= 0.6 is 0 Å². The number of hydrogen-bond donors (Lipinski definition) is 1. The number of likely N-dealkylation sites (tertiary alicyclic amines) is 1. The SMILES string of the molecule is COC(=O)C(C)(C)CCNC(=O)C1N(C(=O)OC(C)(C)C)CC1(C)C. The van der Waals surface area contributed by atoms with E-state index >= 15 is 0 Å². The van der Waals surface area contributed by atoms with Gasteiger partial charge in [-0.05, 0) is 41.0 Å². The van der Waals surface area contributed by atoms with E-state index in [1.807, 2.05) is 13.8 Å². The minimum Gasteiger partial charge on any atom is -0.469 e. The van der Waals surface area contributed by atoms with Gasteiger partial charge in [0.2, 0.25) is 5.91 Å². The highest BCUT2D eigenvalue weighted by atomic mass is 16.6. The summed E-state index contributed by atoms with van der Waals surface area (Å²) >= 11 is 0. The van der Waals surface area contributed by atoms with E-state index in [-0.39, 0.29) is 17.3 Å². The van der Waals surface area contributed by atoms with Crippen molar-refractivity contribution in [2.75, 3.05) is 20.2 Å². The predicted octanol–water partition coefficient (Wildman–Crippen LogP) is 2.34. The third kappa shape index (κ3) is 5.34. The molecular formula is C18H32N2O5. The first-order valence-electron chi connectivity index (χ1n) is 8.57. The number of amides is 2. The molecule has 0 aliphatic carbocycles. The normalized spacial score (nSPS) is 19.7. The van der Waals surface area contributed by atoms with Crippen LogP contribution in [0, 0.1) is 10.8 Å². The lowest BCUT2D eigenvalue weighted by molar-refractivity contribution is -0.151. The largest absolute Gasteiger partial charge is 0.469 e. The van der Waals surface area contributed by atoms with E-state index in [4.69, 9.17) is 9.47 Å². The first-order valence-corrected chi connectivity index (χ1v) is 8.57. The van der Waals surface area contributed by atoms with Crippen LogP contribution in [0.5, 0.6) is 0 Å². The van der Waals surface area contributed by atoms with Gasteiger partial charge in [-0.15, -0.1) is 0 Å². The number of rotatable bonds is 5. The van der Waals surface area contributed by atoms with Gasteiger partial charge in [-0.3, -0.25) is 14.5 Å². The second-order valence-electron chi connectivity index (χ2n) is 8.92. The fraction of sp³-hybridized carbons (Fsp3) is 0.833. The molecule has 25 heavy (non-hydrogen) atoms. The molecule has 1 aliphatic heterocycles. The number of nitrogens with zero attached hydrogens (tertiary/aromatic N) is 1. The van der Waals surface area contributed by atoms with Crippen LogP contribution in [0.15, 0.2) is 0 Å². The van der Waals surface area contributed by atoms with Gasteiger partial charge in [-0.1, -0.05) is 13.8 Å². The van der Waals surface area contributed by atoms with E-state index in [0.717, 1.165) is 0 Å². The van der Waals surface area contributed by atoms with E-state index in [0.29, 0.717) is 19.5 Å². The Balaban J connectivity index is 2.65. The van der Waals surface area contributed by atoms with Crippen LogP contribution in [0.3, 0.4) is 0 Å². The monoisotopic (exact) mass is 356 g/mol. The van der Waals surface area contributed by atoms with E-state index in [1.54, 1.807) is 34.6 Å². The van der Waals surface area contributed by atoms with Crippen molar-refractivity contribution in [2.45, 2.75) is 66.5 Å². The van der Waals surface area contributed by atoms with Crippen molar-refractivity contribution in [1.82, 2.24) is 10.2 Å². The smallest absolute Gasteiger partial charge is 0.411 e. The Morgan fingerprint density at radius 3 is 2.16 bits per heavy atom. The second kappa shape index (κ2) is 7.22. The van der Waals surface area contributed by atoms with Gasteiger partial charge in [0.25, 0.3) is 0 Å². The topological polar surface area (TPSA) is 84.9 Å². The van der Waals surface area contributed by atoms with Crippen molar-refractivity contribution in [3.8, 4) is 0 Å². The number of nitrogens with one attached hydrogen (secondary N) is 1. The lowest BCUT2D eigenvalue weighted by Crippen LogP contribution is -2.69. The third-order valence-corrected chi connectivity index (χ3v) is 4.29. The molecule has 0 aromatic heterocycles. The van der Waals surface area contributed by atoms with Gasteiger partial charge in [0.15, 0.2) is 0 Å². The molecule has 0 radical (unpaired) electrons. The first kappa shape index (κ1) is 21.3. The Hall–Kier alpha value is -1.79. The van der Waals surface area contributed by atoms with Crippen LogP contribution in [-0.4, -0.2) is 54.7 Å². The highest BCUT2D eigenvalue weighted by Crippen LogP contribution is 2.38. The molecule has 1 aliphatic rings. The molecule has 0 bridgehead atoms. The van der Waals surface area contributed by atoms with E-state index in [1.165, 1.54) is 12.0 Å². The summed E-state index contributed by atoms with van der Waals surface area (Å²) in [5.41, 5.74) is -1.61. The molecule has 1 fully saturated rings. The third-order valence-electron chi connectivity index (χ3n) is 4.29. The average Bonchev–Trinajstić information content (AvgIpc) is 2.41. The molecule has 7 nitrogen and oxygen atoms in total. The Morgan fingerprint density at radius 1 is 1.16 bits per heavy atom. The maximum absolute atomic E-state index is 12.6. The van der Waals surface area contributed by atoms with E-state index < -0.39 is 23.2 Å². The van der Waals surface area contributed by atoms with Crippen LogP contribution in [0.1, 0.15) is 54.9 Å². The number of carbonyl (C=O) groups excluding carboxylic acids is 3. The minimum absolute atomic E-state index is 0.234. The molecule has 1 unspecified atom stereocenters. The Kier molecular flexibility index (Phi) is 6.13. The zero-order valence-electron chi connectivity index (χ0n) is 16.7. The number of methoxy groups -OCH3 is 1. The van der Waals surface area contributed by atoms with Crippen LogP contribution in [0.2, 0.25) is 0 Å². The maximum atomic E-state index is 12.6. The predicted molar refractivity (Wildman–Crippen MR) is 93.9 cm³/mol. The summed E-state index contributed by atoms with van der Waals surface area (Å²) < 4.78 is 10.1. The van der Waals surface area contributed by atoms with Crippen molar-refractivity contribution in [3.63, 3.8) is 0 Å². The van der Waals surface area contributed by atoms with Gasteiger partial charge >= 0.3 is 12.1 Å². The van der Waals surface area contributed by atoms with Gasteiger partial charge in [0.05, 0.1) is 12.5 Å². The number of carbonyl (C=O) groups is 3. The number of ether oxygens (including phenoxy) is 2. The Morgan fingerprint density at radius 2 is 1.72 bits per heavy atom. The fourth-order valence-corrected chi connectivity index (χ4v) is 2.89. The molecular weight excluding hydrogens is 324 g/mol. The molecule has 0 aromatic rings. The van der Waals surface area contributed by atoms with Crippen molar-refractivity contribution in [3.05, 3.63) is 0 Å². The summed E-state index contributed by atoms with van der Waals surface area (Å²) in [5.74, 6) is -0.552. The lowest BCUT2D eigenvalue weighted by Gasteiger charge is -2.52. The molecule has 144 valence electrons. The maximum Gasteiger partial charge on any atom is 0.411 e. The molecule has 0 saturated carbocycles. The van der Waals surface area contributed by atoms with Gasteiger partial charge < -0.3 is 14.8 Å². The van der Waals surface area contributed by atoms with Crippen molar-refractivity contribution in [1.29, 1.82) is 0 Å². The van der Waals surface area contributed by atoms with Crippen LogP contribution in [-0.2, 0) is 19.1 Å². The van der Waals surface area contributed by atoms with Crippen LogP contribution in [0.25, 0.3) is 0 Å². The van der Waals surface area contributed by atoms with E-state index in [2.05, 4.69) is 5.32 Å². The number of hydrogen-bond acceptors (Lipinski definition) is 5. The Labute approximate surface area is 150 Å². The highest BCUT2D eigenvalue weighted by molar-refractivity contribution is 5.88. The number of esters is 1. The quantitative estimate of drug-likeness (QED) is 0.764. The minimum atomic E-state index is -0.679. The molecule has 7 heteroatoms. The summed E-state index contributed by atoms with van der Waals surface area (Å²) in [4.78, 5) is 38.0. The zero-order valence-corrected chi connectivity index (χ0v) is 16.7. The lowest BCUT2D eigenvalue weighted by atomic mass is 9.74. The Bertz CT molecular complexity index is 534. The fourth-order valence-electron chi connectivity index (χ4n) is 2.89. The van der Waals surface area contributed by atoms with Crippen LogP contribution in [0.4, 0.5) is 4.79 Å². The summed E-state index contributed by atoms with van der Waals surface area (Å²) in [7, 11) is 1.35. The van der Waals surface area contributed by atoms with Crippen molar-refractivity contribution in [2.24, 2.45) is 10.8 Å². The molecule has 1 N–H and O–H groups in total. The van der Waals surface area contributed by atoms with Crippen molar-refractivity contribution >= 4 is 18.0 Å². The summed E-state index contributed by atoms with van der Waals surface area (Å²) in [5, 5.41) is 2.83. The van der Waals surface area contributed by atoms with E-state index in [9.17, 15) is 14.4 Å². The molecule has 1 saturated heterocycles. The van der Waals surface area contributed by atoms with Crippen molar-refractivity contribution < 1.29 is 23.9 Å². The zero-order chi connectivity index (χ0) is 19.6. The van der Waals surface area contributed by atoms with Gasteiger partial charge in [0, 0.05) is 18.5 Å². The molecule has 1 atom stereocenters. The standard InChI is InChI=1S/C18H32N2O5/c1-16(2,3)25-15(23)20-11-18(6,7)12(20)13(21)19-10-9-17(4,5)14(22)24-8/h12H,9-11H2,1-8H3,(H,19,21). The van der Waals surface area contributed by atoms with Crippen LogP contribution < -0.4 is 5.32 Å². The van der Waals surface area contributed by atoms with Gasteiger partial charge in [0.1, 0.15) is 11.6 Å².